The quantitative estimate of drug-likeness (QED) is 0.629. The molecule has 1 aliphatic heterocycles. The summed E-state index contributed by atoms with van der Waals surface area (Å²) in [5.74, 6) is -0.222. The minimum absolute atomic E-state index is 0.0567. The van der Waals surface area contributed by atoms with Gasteiger partial charge in [-0.05, 0) is 43.2 Å². The number of hydrogen-bond acceptors (Lipinski definition) is 5. The molecule has 2 aromatic rings. The third kappa shape index (κ3) is 4.35. The summed E-state index contributed by atoms with van der Waals surface area (Å²) in [5, 5.41) is 11.8. The molecule has 0 unspecified atom stereocenters. The first kappa shape index (κ1) is 18.7. The van der Waals surface area contributed by atoms with Gasteiger partial charge < -0.3 is 10.6 Å². The Bertz CT molecular complexity index is 829. The van der Waals surface area contributed by atoms with E-state index in [1.54, 1.807) is 23.1 Å². The zero-order chi connectivity index (χ0) is 18.7. The average Bonchev–Trinajstić information content (AvgIpc) is 2.63. The second-order valence-electron chi connectivity index (χ2n) is 6.15. The van der Waals surface area contributed by atoms with E-state index in [9.17, 15) is 14.9 Å². The van der Waals surface area contributed by atoms with Gasteiger partial charge in [-0.25, -0.2) is 0 Å². The highest BCUT2D eigenvalue weighted by atomic mass is 35.5. The summed E-state index contributed by atoms with van der Waals surface area (Å²) >= 11 is 7.29. The fourth-order valence-corrected chi connectivity index (χ4v) is 3.93. The minimum atomic E-state index is -0.491. The zero-order valence-electron chi connectivity index (χ0n) is 13.9. The second kappa shape index (κ2) is 8.07. The third-order valence-corrected chi connectivity index (χ3v) is 5.53. The lowest BCUT2D eigenvalue weighted by Gasteiger charge is -2.31. The highest BCUT2D eigenvalue weighted by molar-refractivity contribution is 7.99. The van der Waals surface area contributed by atoms with E-state index >= 15 is 0 Å². The van der Waals surface area contributed by atoms with Gasteiger partial charge in [-0.15, -0.1) is 0 Å². The van der Waals surface area contributed by atoms with E-state index in [0.29, 0.717) is 28.6 Å². The highest BCUT2D eigenvalue weighted by Crippen LogP contribution is 2.34. The summed E-state index contributed by atoms with van der Waals surface area (Å²) in [6.07, 6.45) is 1.71. The Morgan fingerprint density at radius 2 is 2.00 bits per heavy atom. The second-order valence-corrected chi connectivity index (χ2v) is 7.70. The summed E-state index contributed by atoms with van der Waals surface area (Å²) in [5.41, 5.74) is 6.20. The molecule has 2 aromatic carbocycles. The molecule has 1 heterocycles. The molecule has 1 fully saturated rings. The standard InChI is InChI=1S/C18H18ClN3O3S/c19-12-3-6-15(7-4-12)26-17-8-5-14(22(24)25)10-16(17)18(23)21-9-1-2-13(20)11-21/h3-8,10,13H,1-2,9,11,20H2/t13-/m1/s1. The number of nitrogens with two attached hydrogens (primary N) is 1. The van der Waals surface area contributed by atoms with Gasteiger partial charge in [0.25, 0.3) is 11.6 Å². The van der Waals surface area contributed by atoms with Gasteiger partial charge in [-0.3, -0.25) is 14.9 Å². The smallest absolute Gasteiger partial charge is 0.270 e. The van der Waals surface area contributed by atoms with Gasteiger partial charge in [-0.1, -0.05) is 23.4 Å². The summed E-state index contributed by atoms with van der Waals surface area (Å²) in [7, 11) is 0. The molecule has 0 saturated carbocycles. The van der Waals surface area contributed by atoms with Crippen molar-refractivity contribution in [3.63, 3.8) is 0 Å². The van der Waals surface area contributed by atoms with Gasteiger partial charge in [0, 0.05) is 46.1 Å². The number of carbonyl (C=O) groups excluding carboxylic acids is 1. The zero-order valence-corrected chi connectivity index (χ0v) is 15.5. The van der Waals surface area contributed by atoms with Gasteiger partial charge in [0.05, 0.1) is 10.5 Å². The van der Waals surface area contributed by atoms with Crippen LogP contribution in [0.4, 0.5) is 5.69 Å². The van der Waals surface area contributed by atoms with E-state index in [4.69, 9.17) is 17.3 Å². The van der Waals surface area contributed by atoms with E-state index in [2.05, 4.69) is 0 Å². The first-order valence-corrected chi connectivity index (χ1v) is 9.40. The van der Waals surface area contributed by atoms with Crippen LogP contribution in [-0.4, -0.2) is 34.9 Å². The number of likely N-dealkylation sites (tertiary alicyclic amines) is 1. The fraction of sp³-hybridized carbons (Fsp3) is 0.278. The first-order chi connectivity index (χ1) is 12.4. The number of halogens is 1. The molecule has 2 N–H and O–H groups in total. The van der Waals surface area contributed by atoms with Crippen LogP contribution in [0.3, 0.4) is 0 Å². The molecule has 26 heavy (non-hydrogen) atoms. The molecule has 8 heteroatoms. The molecule has 1 amide bonds. The van der Waals surface area contributed by atoms with Gasteiger partial charge in [0.2, 0.25) is 0 Å². The molecule has 0 bridgehead atoms. The van der Waals surface area contributed by atoms with Crippen LogP contribution in [0, 0.1) is 10.1 Å². The molecule has 1 aliphatic rings. The van der Waals surface area contributed by atoms with Crippen LogP contribution in [0.5, 0.6) is 0 Å². The van der Waals surface area contributed by atoms with Crippen LogP contribution in [0.2, 0.25) is 5.02 Å². The van der Waals surface area contributed by atoms with Crippen molar-refractivity contribution in [1.82, 2.24) is 4.90 Å². The highest BCUT2D eigenvalue weighted by Gasteiger charge is 2.26. The lowest BCUT2D eigenvalue weighted by atomic mass is 10.1. The predicted molar refractivity (Wildman–Crippen MR) is 102 cm³/mol. The van der Waals surface area contributed by atoms with Crippen LogP contribution < -0.4 is 5.73 Å². The lowest BCUT2D eigenvalue weighted by molar-refractivity contribution is -0.384. The Balaban J connectivity index is 1.94. The molecule has 1 saturated heterocycles. The Labute approximate surface area is 160 Å². The maximum Gasteiger partial charge on any atom is 0.270 e. The molecule has 0 radical (unpaired) electrons. The van der Waals surface area contributed by atoms with E-state index < -0.39 is 4.92 Å². The Morgan fingerprint density at radius 3 is 2.65 bits per heavy atom. The fourth-order valence-electron chi connectivity index (χ4n) is 2.88. The van der Waals surface area contributed by atoms with Crippen LogP contribution in [0.25, 0.3) is 0 Å². The Hall–Kier alpha value is -2.09. The largest absolute Gasteiger partial charge is 0.337 e. The van der Waals surface area contributed by atoms with Crippen molar-refractivity contribution in [2.75, 3.05) is 13.1 Å². The summed E-state index contributed by atoms with van der Waals surface area (Å²) in [6.45, 7) is 1.08. The van der Waals surface area contributed by atoms with Crippen molar-refractivity contribution in [3.8, 4) is 0 Å². The topological polar surface area (TPSA) is 89.5 Å². The number of piperidine rings is 1. The molecule has 136 valence electrons. The number of non-ortho nitro benzene ring substituents is 1. The van der Waals surface area contributed by atoms with Crippen LogP contribution >= 0.6 is 23.4 Å². The normalized spacial score (nSPS) is 17.2. The minimum Gasteiger partial charge on any atom is -0.337 e. The van der Waals surface area contributed by atoms with Crippen molar-refractivity contribution >= 4 is 35.0 Å². The monoisotopic (exact) mass is 391 g/mol. The number of hydrogen-bond donors (Lipinski definition) is 1. The molecule has 1 atom stereocenters. The van der Waals surface area contributed by atoms with Crippen molar-refractivity contribution < 1.29 is 9.72 Å². The molecule has 3 rings (SSSR count). The number of nitrogens with zero attached hydrogens (tertiary/aromatic N) is 2. The SMILES string of the molecule is N[C@@H]1CCCN(C(=O)c2cc([N+](=O)[O-])ccc2Sc2ccc(Cl)cc2)C1. The van der Waals surface area contributed by atoms with E-state index in [1.165, 1.54) is 23.9 Å². The molecule has 0 spiro atoms. The third-order valence-electron chi connectivity index (χ3n) is 4.19. The number of nitro groups is 1. The summed E-state index contributed by atoms with van der Waals surface area (Å²) in [4.78, 5) is 26.9. The Morgan fingerprint density at radius 1 is 1.27 bits per heavy atom. The van der Waals surface area contributed by atoms with Crippen LogP contribution in [0.15, 0.2) is 52.3 Å². The van der Waals surface area contributed by atoms with Gasteiger partial charge in [0.15, 0.2) is 0 Å². The van der Waals surface area contributed by atoms with Crippen molar-refractivity contribution in [2.45, 2.75) is 28.7 Å². The van der Waals surface area contributed by atoms with E-state index in [0.717, 1.165) is 17.7 Å². The number of amides is 1. The lowest BCUT2D eigenvalue weighted by Crippen LogP contribution is -2.45. The molecular weight excluding hydrogens is 374 g/mol. The van der Waals surface area contributed by atoms with Crippen LogP contribution in [-0.2, 0) is 0 Å². The van der Waals surface area contributed by atoms with Gasteiger partial charge in [-0.2, -0.15) is 0 Å². The summed E-state index contributed by atoms with van der Waals surface area (Å²) in [6, 6.07) is 11.5. The van der Waals surface area contributed by atoms with Crippen molar-refractivity contribution in [1.29, 1.82) is 0 Å². The van der Waals surface area contributed by atoms with Crippen molar-refractivity contribution in [2.24, 2.45) is 5.73 Å². The first-order valence-electron chi connectivity index (χ1n) is 8.21. The van der Waals surface area contributed by atoms with Gasteiger partial charge >= 0.3 is 0 Å². The van der Waals surface area contributed by atoms with E-state index in [-0.39, 0.29) is 17.6 Å². The maximum atomic E-state index is 13.0. The van der Waals surface area contributed by atoms with E-state index in [1.807, 2.05) is 12.1 Å². The predicted octanol–water partition coefficient (Wildman–Crippen LogP) is 3.96. The molecule has 0 aliphatic carbocycles. The number of benzene rings is 2. The molecule has 0 aromatic heterocycles. The summed E-state index contributed by atoms with van der Waals surface area (Å²) < 4.78 is 0. The van der Waals surface area contributed by atoms with Crippen molar-refractivity contribution in [3.05, 3.63) is 63.2 Å². The maximum absolute atomic E-state index is 13.0. The molecular formula is C18H18ClN3O3S. The average molecular weight is 392 g/mol. The van der Waals surface area contributed by atoms with Gasteiger partial charge in [0.1, 0.15) is 0 Å². The number of nitro benzene ring substituents is 1. The van der Waals surface area contributed by atoms with Crippen LogP contribution in [0.1, 0.15) is 23.2 Å². The number of rotatable bonds is 4. The molecule has 6 nitrogen and oxygen atoms in total. The number of carbonyl (C=O) groups is 1. The Kier molecular flexibility index (Phi) is 5.80.